The minimum atomic E-state index is -0.122. The Bertz CT molecular complexity index is 590. The number of hydrogen-bond donors (Lipinski definition) is 2. The molecular weight excluding hydrogens is 316 g/mol. The first kappa shape index (κ1) is 15.1. The zero-order chi connectivity index (χ0) is 14.4. The molecule has 0 aliphatic carbocycles. The van der Waals surface area contributed by atoms with Crippen LogP contribution < -0.4 is 10.6 Å². The van der Waals surface area contributed by atoms with Gasteiger partial charge >= 0.3 is 0 Å². The molecule has 106 valence electrons. The highest BCUT2D eigenvalue weighted by atomic mass is 35.5. The van der Waals surface area contributed by atoms with Crippen LogP contribution in [0.25, 0.3) is 0 Å². The Labute approximate surface area is 130 Å². The van der Waals surface area contributed by atoms with E-state index >= 15 is 0 Å². The average molecular weight is 329 g/mol. The van der Waals surface area contributed by atoms with Crippen molar-refractivity contribution in [3.63, 3.8) is 0 Å². The summed E-state index contributed by atoms with van der Waals surface area (Å²) in [5.74, 6) is 0.148. The summed E-state index contributed by atoms with van der Waals surface area (Å²) in [4.78, 5) is 11.8. The highest BCUT2D eigenvalue weighted by molar-refractivity contribution is 8.01. The van der Waals surface area contributed by atoms with Gasteiger partial charge in [0, 0.05) is 6.54 Å². The quantitative estimate of drug-likeness (QED) is 0.796. The number of nitrogens with zero attached hydrogens (tertiary/aromatic N) is 2. The van der Waals surface area contributed by atoms with Crippen molar-refractivity contribution in [1.29, 1.82) is 0 Å². The molecule has 0 aliphatic rings. The second kappa shape index (κ2) is 7.47. The van der Waals surface area contributed by atoms with E-state index in [9.17, 15) is 4.79 Å². The molecule has 1 heterocycles. The molecular formula is C12H13ClN4OS2. The van der Waals surface area contributed by atoms with Gasteiger partial charge in [-0.3, -0.25) is 4.79 Å². The number of halogens is 1. The van der Waals surface area contributed by atoms with Gasteiger partial charge in [0.1, 0.15) is 0 Å². The standard InChI is InChI=1S/C12H13ClN4OS2/c1-2-14-11-16-17-12(20-11)19-7-10(18)15-9-6-4-3-5-8(9)13/h3-6H,2,7H2,1H3,(H,14,16)(H,15,18). The van der Waals surface area contributed by atoms with Crippen LogP contribution in [0.3, 0.4) is 0 Å². The topological polar surface area (TPSA) is 66.9 Å². The van der Waals surface area contributed by atoms with Gasteiger partial charge in [-0.2, -0.15) is 0 Å². The van der Waals surface area contributed by atoms with Crippen molar-refractivity contribution in [1.82, 2.24) is 10.2 Å². The van der Waals surface area contributed by atoms with E-state index < -0.39 is 0 Å². The van der Waals surface area contributed by atoms with Crippen molar-refractivity contribution in [2.75, 3.05) is 22.9 Å². The molecule has 0 atom stereocenters. The van der Waals surface area contributed by atoms with Gasteiger partial charge < -0.3 is 10.6 Å². The maximum Gasteiger partial charge on any atom is 0.234 e. The largest absolute Gasteiger partial charge is 0.360 e. The molecule has 5 nitrogen and oxygen atoms in total. The lowest BCUT2D eigenvalue weighted by atomic mass is 10.3. The first-order chi connectivity index (χ1) is 9.69. The lowest BCUT2D eigenvalue weighted by molar-refractivity contribution is -0.113. The predicted molar refractivity (Wildman–Crippen MR) is 84.9 cm³/mol. The number of para-hydroxylation sites is 1. The average Bonchev–Trinajstić information content (AvgIpc) is 2.87. The van der Waals surface area contributed by atoms with Gasteiger partial charge in [-0.1, -0.05) is 46.8 Å². The molecule has 2 N–H and O–H groups in total. The number of amides is 1. The molecule has 0 unspecified atom stereocenters. The first-order valence-corrected chi connectivity index (χ1v) is 8.11. The van der Waals surface area contributed by atoms with Crippen molar-refractivity contribution < 1.29 is 4.79 Å². The Morgan fingerprint density at radius 1 is 1.40 bits per heavy atom. The van der Waals surface area contributed by atoms with E-state index in [0.717, 1.165) is 16.0 Å². The highest BCUT2D eigenvalue weighted by Crippen LogP contribution is 2.26. The van der Waals surface area contributed by atoms with Crippen molar-refractivity contribution in [3.8, 4) is 0 Å². The van der Waals surface area contributed by atoms with E-state index in [1.165, 1.54) is 23.1 Å². The van der Waals surface area contributed by atoms with E-state index in [2.05, 4.69) is 20.8 Å². The Kier molecular flexibility index (Phi) is 5.63. The number of benzene rings is 1. The zero-order valence-corrected chi connectivity index (χ0v) is 13.1. The molecule has 0 fully saturated rings. The van der Waals surface area contributed by atoms with Crippen LogP contribution in [0.4, 0.5) is 10.8 Å². The van der Waals surface area contributed by atoms with Crippen molar-refractivity contribution >= 4 is 51.4 Å². The van der Waals surface area contributed by atoms with Gasteiger partial charge in [-0.15, -0.1) is 10.2 Å². The molecule has 2 rings (SSSR count). The third kappa shape index (κ3) is 4.36. The smallest absolute Gasteiger partial charge is 0.234 e. The third-order valence-electron chi connectivity index (χ3n) is 2.21. The fourth-order valence-electron chi connectivity index (χ4n) is 1.37. The highest BCUT2D eigenvalue weighted by Gasteiger charge is 2.09. The maximum absolute atomic E-state index is 11.8. The van der Waals surface area contributed by atoms with Gasteiger partial charge in [0.05, 0.1) is 16.5 Å². The fraction of sp³-hybridized carbons (Fsp3) is 0.250. The minimum absolute atomic E-state index is 0.122. The molecule has 20 heavy (non-hydrogen) atoms. The number of nitrogens with one attached hydrogen (secondary N) is 2. The number of rotatable bonds is 6. The summed E-state index contributed by atoms with van der Waals surface area (Å²) in [6.45, 7) is 2.79. The summed E-state index contributed by atoms with van der Waals surface area (Å²) >= 11 is 8.76. The Morgan fingerprint density at radius 3 is 2.95 bits per heavy atom. The predicted octanol–water partition coefficient (Wildman–Crippen LogP) is 3.35. The summed E-state index contributed by atoms with van der Waals surface area (Å²) in [5, 5.41) is 15.1. The van der Waals surface area contributed by atoms with Gasteiger partial charge in [-0.05, 0) is 19.1 Å². The van der Waals surface area contributed by atoms with E-state index in [1.54, 1.807) is 12.1 Å². The van der Waals surface area contributed by atoms with Gasteiger partial charge in [-0.25, -0.2) is 0 Å². The second-order valence-corrected chi connectivity index (χ2v) is 6.33. The molecule has 0 radical (unpaired) electrons. The molecule has 0 saturated carbocycles. The number of anilines is 2. The molecule has 1 aromatic carbocycles. The third-order valence-corrected chi connectivity index (χ3v) is 4.55. The van der Waals surface area contributed by atoms with Gasteiger partial charge in [0.2, 0.25) is 11.0 Å². The number of aromatic nitrogens is 2. The summed E-state index contributed by atoms with van der Waals surface area (Å²) in [6, 6.07) is 7.13. The van der Waals surface area contributed by atoms with Crippen LogP contribution in [0.15, 0.2) is 28.6 Å². The van der Waals surface area contributed by atoms with Crippen LogP contribution in [0.2, 0.25) is 5.02 Å². The molecule has 0 saturated heterocycles. The number of carbonyl (C=O) groups is 1. The van der Waals surface area contributed by atoms with Crippen LogP contribution >= 0.6 is 34.7 Å². The lowest BCUT2D eigenvalue weighted by Gasteiger charge is -2.05. The number of hydrogen-bond acceptors (Lipinski definition) is 6. The molecule has 0 bridgehead atoms. The molecule has 1 amide bonds. The van der Waals surface area contributed by atoms with Crippen molar-refractivity contribution in [2.24, 2.45) is 0 Å². The second-order valence-electron chi connectivity index (χ2n) is 3.72. The fourth-order valence-corrected chi connectivity index (χ4v) is 3.17. The van der Waals surface area contributed by atoms with E-state index in [1.807, 2.05) is 19.1 Å². The molecule has 0 aliphatic heterocycles. The minimum Gasteiger partial charge on any atom is -0.360 e. The summed E-state index contributed by atoms with van der Waals surface area (Å²) in [5.41, 5.74) is 0.616. The zero-order valence-electron chi connectivity index (χ0n) is 10.7. The van der Waals surface area contributed by atoms with Crippen LogP contribution in [0.1, 0.15) is 6.92 Å². The SMILES string of the molecule is CCNc1nnc(SCC(=O)Nc2ccccc2Cl)s1. The van der Waals surface area contributed by atoms with Gasteiger partial charge in [0.25, 0.3) is 0 Å². The summed E-state index contributed by atoms with van der Waals surface area (Å²) < 4.78 is 0.759. The molecule has 0 spiro atoms. The van der Waals surface area contributed by atoms with Crippen molar-refractivity contribution in [3.05, 3.63) is 29.3 Å². The molecule has 1 aromatic heterocycles. The number of carbonyl (C=O) groups excluding carboxylic acids is 1. The Hall–Kier alpha value is -1.31. The van der Waals surface area contributed by atoms with E-state index in [4.69, 9.17) is 11.6 Å². The Morgan fingerprint density at radius 2 is 2.20 bits per heavy atom. The van der Waals surface area contributed by atoms with E-state index in [-0.39, 0.29) is 11.7 Å². The van der Waals surface area contributed by atoms with Crippen LogP contribution in [0, 0.1) is 0 Å². The van der Waals surface area contributed by atoms with Crippen LogP contribution in [-0.4, -0.2) is 28.4 Å². The maximum atomic E-state index is 11.8. The molecule has 2 aromatic rings. The lowest BCUT2D eigenvalue weighted by Crippen LogP contribution is -2.14. The van der Waals surface area contributed by atoms with E-state index in [0.29, 0.717) is 10.7 Å². The van der Waals surface area contributed by atoms with Crippen LogP contribution in [0.5, 0.6) is 0 Å². The number of thioether (sulfide) groups is 1. The summed E-state index contributed by atoms with van der Waals surface area (Å²) in [6.07, 6.45) is 0. The Balaban J connectivity index is 1.84. The van der Waals surface area contributed by atoms with Gasteiger partial charge in [0.15, 0.2) is 4.34 Å². The first-order valence-electron chi connectivity index (χ1n) is 5.93. The molecule has 8 heteroatoms. The van der Waals surface area contributed by atoms with Crippen LogP contribution in [-0.2, 0) is 4.79 Å². The van der Waals surface area contributed by atoms with Crippen molar-refractivity contribution in [2.45, 2.75) is 11.3 Å². The normalized spacial score (nSPS) is 10.3. The monoisotopic (exact) mass is 328 g/mol. The summed E-state index contributed by atoms with van der Waals surface area (Å²) in [7, 11) is 0.